The number of fused-ring (bicyclic) bond motifs is 1. The van der Waals surface area contributed by atoms with Crippen molar-refractivity contribution in [3.05, 3.63) is 74.8 Å². The maximum absolute atomic E-state index is 15.0. The molecule has 2 unspecified atom stereocenters. The zero-order valence-electron chi connectivity index (χ0n) is 28.3. The molecule has 1 heterocycles. The van der Waals surface area contributed by atoms with Crippen molar-refractivity contribution in [1.29, 1.82) is 0 Å². The molecule has 3 nitrogen and oxygen atoms in total. The first-order valence-electron chi connectivity index (χ1n) is 14.8. The average Bonchev–Trinajstić information content (AvgIpc) is 3.18. The Morgan fingerprint density at radius 1 is 1.26 bits per heavy atom. The van der Waals surface area contributed by atoms with E-state index in [0.29, 0.717) is 0 Å². The molecule has 0 aliphatic carbocycles. The molecule has 4 heteroatoms. The highest BCUT2D eigenvalue weighted by Gasteiger charge is 2.47. The summed E-state index contributed by atoms with van der Waals surface area (Å²) in [6.45, 7) is 15.1. The minimum absolute atomic E-state index is 0.00589. The predicted octanol–water partition coefficient (Wildman–Crippen LogP) is 7.00. The second kappa shape index (κ2) is 8.73. The van der Waals surface area contributed by atoms with Gasteiger partial charge in [0.05, 0.1) is 16.8 Å². The molecule has 31 heavy (non-hydrogen) atoms. The van der Waals surface area contributed by atoms with E-state index in [4.69, 9.17) is 19.5 Å². The lowest BCUT2D eigenvalue weighted by Gasteiger charge is -2.37. The van der Waals surface area contributed by atoms with Gasteiger partial charge in [-0.05, 0) is 100 Å². The summed E-state index contributed by atoms with van der Waals surface area (Å²) in [5.41, 5.74) is -3.19. The van der Waals surface area contributed by atoms with Crippen LogP contribution in [-0.4, -0.2) is 24.5 Å². The summed E-state index contributed by atoms with van der Waals surface area (Å²) in [7, 11) is 1.42. The van der Waals surface area contributed by atoms with E-state index in [1.165, 1.54) is 39.6 Å². The van der Waals surface area contributed by atoms with Gasteiger partial charge in [-0.25, -0.2) is 9.24 Å². The first-order valence-corrected chi connectivity index (χ1v) is 10.3. The SMILES string of the molecule is [2H]c1c([2H])c([C@]2(C([2H])([2H])C([2H])(C)C([2H])([2H])N(C)C(C)C)OC(C)c3c([2H])c([N+]#[C-])c(C)c([2H])c32)c(C)c(C)c1F. The maximum Gasteiger partial charge on any atom is 0.190 e. The van der Waals surface area contributed by atoms with E-state index in [0.717, 1.165) is 6.92 Å². The standard InChI is InChI=1S/C27H35FN2O/c1-16(2)30(9)15-17(3)14-27(23-10-11-25(28)20(6)19(23)5)24-12-18(4)26(29-8)13-22(24)21(7)31-27/h10-13,16-17,21H,14-15H2,1-7,9H3/t17?,21?,27-/m0/s1/i10D,11D,12D,13D,14D2,15D2,17D. The second-order valence-corrected chi connectivity index (χ2v) is 8.32. The van der Waals surface area contributed by atoms with Crippen LogP contribution >= 0.6 is 0 Å². The monoisotopic (exact) mass is 431 g/mol. The molecule has 0 aromatic heterocycles. The number of benzene rings is 2. The molecule has 1 aliphatic heterocycles. The van der Waals surface area contributed by atoms with Crippen LogP contribution in [0.25, 0.3) is 4.85 Å². The minimum atomic E-state index is -3.10. The fourth-order valence-electron chi connectivity index (χ4n) is 3.71. The van der Waals surface area contributed by atoms with Gasteiger partial charge in [-0.2, -0.15) is 0 Å². The van der Waals surface area contributed by atoms with Crippen LogP contribution in [0.1, 0.15) is 85.9 Å². The summed E-state index contributed by atoms with van der Waals surface area (Å²) >= 11 is 0. The maximum atomic E-state index is 15.0. The molecule has 0 saturated heterocycles. The molecule has 3 atom stereocenters. The molecule has 0 saturated carbocycles. The highest BCUT2D eigenvalue weighted by Crippen LogP contribution is 2.53. The van der Waals surface area contributed by atoms with Crippen LogP contribution in [-0.2, 0) is 10.3 Å². The van der Waals surface area contributed by atoms with Crippen molar-refractivity contribution in [3.8, 4) is 0 Å². The van der Waals surface area contributed by atoms with Gasteiger partial charge in [-0.3, -0.25) is 0 Å². The topological polar surface area (TPSA) is 16.8 Å². The predicted molar refractivity (Wildman–Crippen MR) is 125 cm³/mol. The van der Waals surface area contributed by atoms with E-state index in [1.807, 2.05) is 0 Å². The Bertz CT molecular complexity index is 1410. The number of halogens is 1. The quantitative estimate of drug-likeness (QED) is 0.458. The van der Waals surface area contributed by atoms with Gasteiger partial charge in [0.15, 0.2) is 5.69 Å². The fourth-order valence-corrected chi connectivity index (χ4v) is 3.71. The third-order valence-corrected chi connectivity index (χ3v) is 5.81. The highest BCUT2D eigenvalue weighted by molar-refractivity contribution is 5.61. The molecular formula is C27H35FN2O. The van der Waals surface area contributed by atoms with E-state index >= 15 is 0 Å². The van der Waals surface area contributed by atoms with Crippen LogP contribution in [0.2, 0.25) is 0 Å². The Balaban J connectivity index is 2.70. The molecule has 166 valence electrons. The van der Waals surface area contributed by atoms with Crippen molar-refractivity contribution in [3.63, 3.8) is 0 Å². The Kier molecular flexibility index (Phi) is 3.95. The molecule has 0 radical (unpaired) electrons. The Morgan fingerprint density at radius 3 is 2.55 bits per heavy atom. The van der Waals surface area contributed by atoms with E-state index in [9.17, 15) is 8.50 Å². The largest absolute Gasteiger partial charge is 0.358 e. The molecule has 0 bridgehead atoms. The van der Waals surface area contributed by atoms with E-state index < -0.39 is 54.4 Å². The van der Waals surface area contributed by atoms with Gasteiger partial charge in [0.2, 0.25) is 0 Å². The summed E-state index contributed by atoms with van der Waals surface area (Å²) in [4.78, 5) is 4.61. The van der Waals surface area contributed by atoms with Crippen molar-refractivity contribution in [2.75, 3.05) is 13.5 Å². The number of rotatable bonds is 6. The van der Waals surface area contributed by atoms with E-state index in [-0.39, 0.29) is 51.2 Å². The second-order valence-electron chi connectivity index (χ2n) is 8.32. The molecule has 0 spiro atoms. The smallest absolute Gasteiger partial charge is 0.190 e. The highest BCUT2D eigenvalue weighted by atomic mass is 19.1. The Hall–Kier alpha value is -2.22. The lowest BCUT2D eigenvalue weighted by Crippen LogP contribution is -2.36. The summed E-state index contributed by atoms with van der Waals surface area (Å²) in [5, 5.41) is 0. The van der Waals surface area contributed by atoms with Crippen molar-refractivity contribution in [2.45, 2.75) is 72.6 Å². The summed E-state index contributed by atoms with van der Waals surface area (Å²) < 4.78 is 103. The third kappa shape index (κ3) is 4.14. The minimum Gasteiger partial charge on any atom is -0.358 e. The van der Waals surface area contributed by atoms with Gasteiger partial charge in [0.25, 0.3) is 0 Å². The average molecular weight is 432 g/mol. The number of hydrogen-bond donors (Lipinski definition) is 0. The lowest BCUT2D eigenvalue weighted by atomic mass is 9.76. The van der Waals surface area contributed by atoms with Crippen LogP contribution in [0.15, 0.2) is 24.2 Å². The zero-order valence-corrected chi connectivity index (χ0v) is 19.3. The van der Waals surface area contributed by atoms with Crippen molar-refractivity contribution in [1.82, 2.24) is 4.90 Å². The van der Waals surface area contributed by atoms with Crippen LogP contribution in [0.3, 0.4) is 0 Å². The van der Waals surface area contributed by atoms with E-state index in [1.54, 1.807) is 13.8 Å². The number of nitrogens with zero attached hydrogens (tertiary/aromatic N) is 2. The van der Waals surface area contributed by atoms with Gasteiger partial charge in [0, 0.05) is 20.8 Å². The third-order valence-electron chi connectivity index (χ3n) is 5.81. The Morgan fingerprint density at radius 2 is 1.94 bits per heavy atom. The first-order chi connectivity index (χ1) is 18.1. The summed E-state index contributed by atoms with van der Waals surface area (Å²) in [6, 6.07) is -2.66. The molecular weight excluding hydrogens is 387 g/mol. The molecule has 0 N–H and O–H groups in total. The molecule has 0 amide bonds. The van der Waals surface area contributed by atoms with Crippen molar-refractivity contribution >= 4 is 5.69 Å². The van der Waals surface area contributed by atoms with E-state index in [2.05, 4.69) is 4.85 Å². The zero-order chi connectivity index (χ0) is 31.1. The lowest BCUT2D eigenvalue weighted by molar-refractivity contribution is -0.0567. The Labute approximate surface area is 199 Å². The summed E-state index contributed by atoms with van der Waals surface area (Å²) in [5.74, 6) is -3.66. The van der Waals surface area contributed by atoms with Crippen LogP contribution in [0, 0.1) is 39.1 Å². The number of ether oxygens (including phenoxy) is 1. The van der Waals surface area contributed by atoms with Crippen molar-refractivity contribution in [2.24, 2.45) is 5.89 Å². The molecule has 0 fully saturated rings. The van der Waals surface area contributed by atoms with Crippen molar-refractivity contribution < 1.29 is 21.5 Å². The van der Waals surface area contributed by atoms with Crippen LogP contribution < -0.4 is 0 Å². The van der Waals surface area contributed by atoms with Gasteiger partial charge in [0.1, 0.15) is 11.4 Å². The first kappa shape index (κ1) is 14.0. The van der Waals surface area contributed by atoms with Gasteiger partial charge < -0.3 is 9.64 Å². The summed E-state index contributed by atoms with van der Waals surface area (Å²) in [6.07, 6.45) is -4.22. The molecule has 2 aromatic rings. The molecule has 1 aliphatic rings. The molecule has 3 rings (SSSR count). The molecule has 2 aromatic carbocycles. The number of hydrogen-bond acceptors (Lipinski definition) is 2. The fraction of sp³-hybridized carbons (Fsp3) is 0.519. The van der Waals surface area contributed by atoms with Gasteiger partial charge >= 0.3 is 0 Å². The van der Waals surface area contributed by atoms with Crippen LogP contribution in [0.4, 0.5) is 10.1 Å². The van der Waals surface area contributed by atoms with Crippen LogP contribution in [0.5, 0.6) is 0 Å². The van der Waals surface area contributed by atoms with Gasteiger partial charge in [-0.15, -0.1) is 0 Å². The van der Waals surface area contributed by atoms with Gasteiger partial charge in [-0.1, -0.05) is 25.1 Å². The normalized spacial score (nSPS) is 27.5.